The van der Waals surface area contributed by atoms with Gasteiger partial charge in [-0.2, -0.15) is 0 Å². The van der Waals surface area contributed by atoms with Gasteiger partial charge in [0.2, 0.25) is 0 Å². The fourth-order valence-corrected chi connectivity index (χ4v) is 1.91. The first kappa shape index (κ1) is 15.7. The maximum atomic E-state index is 11.4. The van der Waals surface area contributed by atoms with Gasteiger partial charge in [-0.1, -0.05) is 6.08 Å². The molecule has 0 fully saturated rings. The van der Waals surface area contributed by atoms with E-state index >= 15 is 0 Å². The van der Waals surface area contributed by atoms with Crippen molar-refractivity contribution in [3.8, 4) is 0 Å². The number of rotatable bonds is 5. The molecule has 0 aliphatic rings. The second kappa shape index (κ2) is 5.73. The zero-order valence-corrected chi connectivity index (χ0v) is 11.8. The second-order valence-electron chi connectivity index (χ2n) is 5.33. The van der Waals surface area contributed by atoms with E-state index in [4.69, 9.17) is 0 Å². The summed E-state index contributed by atoms with van der Waals surface area (Å²) >= 11 is 0. The molecule has 0 unspecified atom stereocenters. The normalized spacial score (nSPS) is 10.9. The van der Waals surface area contributed by atoms with Gasteiger partial charge in [0, 0.05) is 24.2 Å². The number of nitro groups is 1. The van der Waals surface area contributed by atoms with Gasteiger partial charge in [0.25, 0.3) is 5.69 Å². The summed E-state index contributed by atoms with van der Waals surface area (Å²) in [5.41, 5.74) is -0.223. The molecule has 1 aromatic carbocycles. The highest BCUT2D eigenvalue weighted by Gasteiger charge is 2.26. The number of hydrogen-bond donors (Lipinski definition) is 1. The van der Waals surface area contributed by atoms with Gasteiger partial charge in [-0.15, -0.1) is 6.58 Å². The van der Waals surface area contributed by atoms with Gasteiger partial charge in [0.1, 0.15) is 0 Å². The SMILES string of the molecule is C=CCN(c1ccc([N+](=O)[O-])cc1C(=O)O)C(C)(C)C. The van der Waals surface area contributed by atoms with Crippen LogP contribution in [0.3, 0.4) is 0 Å². The fourth-order valence-electron chi connectivity index (χ4n) is 1.91. The summed E-state index contributed by atoms with van der Waals surface area (Å²) in [6, 6.07) is 3.86. The average Bonchev–Trinajstić information content (AvgIpc) is 2.33. The van der Waals surface area contributed by atoms with Crippen LogP contribution in [0.4, 0.5) is 11.4 Å². The van der Waals surface area contributed by atoms with Crippen LogP contribution in [0, 0.1) is 10.1 Å². The molecule has 0 amide bonds. The van der Waals surface area contributed by atoms with Crippen molar-refractivity contribution in [3.05, 3.63) is 46.5 Å². The summed E-state index contributed by atoms with van der Waals surface area (Å²) < 4.78 is 0. The maximum absolute atomic E-state index is 11.4. The average molecular weight is 278 g/mol. The highest BCUT2D eigenvalue weighted by molar-refractivity contribution is 5.95. The molecular weight excluding hydrogens is 260 g/mol. The largest absolute Gasteiger partial charge is 0.478 e. The minimum atomic E-state index is -1.19. The van der Waals surface area contributed by atoms with Gasteiger partial charge in [0.05, 0.1) is 16.2 Å². The number of aromatic carboxylic acids is 1. The van der Waals surface area contributed by atoms with Crippen LogP contribution < -0.4 is 4.90 Å². The van der Waals surface area contributed by atoms with Crippen LogP contribution in [0.5, 0.6) is 0 Å². The lowest BCUT2D eigenvalue weighted by Crippen LogP contribution is -2.42. The van der Waals surface area contributed by atoms with Crippen molar-refractivity contribution in [1.29, 1.82) is 0 Å². The van der Waals surface area contributed by atoms with Gasteiger partial charge < -0.3 is 10.0 Å². The number of nitro benzene ring substituents is 1. The minimum Gasteiger partial charge on any atom is -0.478 e. The molecule has 0 aromatic heterocycles. The Labute approximate surface area is 117 Å². The number of benzene rings is 1. The molecule has 1 rings (SSSR count). The molecule has 0 radical (unpaired) electrons. The summed E-state index contributed by atoms with van der Waals surface area (Å²) in [5.74, 6) is -1.19. The number of carboxylic acid groups (broad SMARTS) is 1. The Hall–Kier alpha value is -2.37. The van der Waals surface area contributed by atoms with Gasteiger partial charge in [0.15, 0.2) is 0 Å². The lowest BCUT2D eigenvalue weighted by molar-refractivity contribution is -0.384. The summed E-state index contributed by atoms with van der Waals surface area (Å²) in [6.07, 6.45) is 1.66. The Morgan fingerprint density at radius 3 is 2.50 bits per heavy atom. The maximum Gasteiger partial charge on any atom is 0.338 e. The number of anilines is 1. The predicted molar refractivity (Wildman–Crippen MR) is 77.4 cm³/mol. The highest BCUT2D eigenvalue weighted by Crippen LogP contribution is 2.30. The van der Waals surface area contributed by atoms with Crippen LogP contribution >= 0.6 is 0 Å². The highest BCUT2D eigenvalue weighted by atomic mass is 16.6. The molecule has 0 saturated heterocycles. The first-order valence-corrected chi connectivity index (χ1v) is 6.08. The van der Waals surface area contributed by atoms with Crippen LogP contribution in [-0.4, -0.2) is 28.1 Å². The van der Waals surface area contributed by atoms with Gasteiger partial charge in [-0.3, -0.25) is 10.1 Å². The molecule has 0 heterocycles. The Bertz CT molecular complexity index is 547. The first-order chi connectivity index (χ1) is 9.18. The van der Waals surface area contributed by atoms with Gasteiger partial charge in [-0.25, -0.2) is 4.79 Å². The van der Waals surface area contributed by atoms with Crippen molar-refractivity contribution in [1.82, 2.24) is 0 Å². The van der Waals surface area contributed by atoms with E-state index < -0.39 is 10.9 Å². The van der Waals surface area contributed by atoms with Gasteiger partial charge >= 0.3 is 5.97 Å². The third-order valence-corrected chi connectivity index (χ3v) is 2.83. The molecule has 108 valence electrons. The quantitative estimate of drug-likeness (QED) is 0.508. The molecule has 0 aliphatic carbocycles. The Morgan fingerprint density at radius 1 is 1.50 bits per heavy atom. The van der Waals surface area contributed by atoms with E-state index in [0.717, 1.165) is 6.07 Å². The summed E-state index contributed by atoms with van der Waals surface area (Å²) in [7, 11) is 0. The summed E-state index contributed by atoms with van der Waals surface area (Å²) in [6.45, 7) is 9.91. The smallest absolute Gasteiger partial charge is 0.338 e. The number of hydrogen-bond acceptors (Lipinski definition) is 4. The number of carboxylic acids is 1. The van der Waals surface area contributed by atoms with Crippen LogP contribution in [0.1, 0.15) is 31.1 Å². The molecule has 1 aromatic rings. The molecule has 0 spiro atoms. The van der Waals surface area contributed by atoms with E-state index in [2.05, 4.69) is 6.58 Å². The van der Waals surface area contributed by atoms with Crippen LogP contribution in [-0.2, 0) is 0 Å². The molecule has 0 saturated carbocycles. The topological polar surface area (TPSA) is 83.7 Å². The molecular formula is C14H18N2O4. The molecule has 0 bridgehead atoms. The van der Waals surface area contributed by atoms with Crippen molar-refractivity contribution in [2.24, 2.45) is 0 Å². The number of nitrogens with zero attached hydrogens (tertiary/aromatic N) is 2. The molecule has 0 atom stereocenters. The molecule has 6 nitrogen and oxygen atoms in total. The number of non-ortho nitro benzene ring substituents is 1. The van der Waals surface area contributed by atoms with E-state index in [-0.39, 0.29) is 16.8 Å². The summed E-state index contributed by atoms with van der Waals surface area (Å²) in [4.78, 5) is 23.4. The Morgan fingerprint density at radius 2 is 2.10 bits per heavy atom. The zero-order valence-electron chi connectivity index (χ0n) is 11.8. The minimum absolute atomic E-state index is 0.0871. The van der Waals surface area contributed by atoms with Crippen molar-refractivity contribution >= 4 is 17.3 Å². The number of carbonyl (C=O) groups is 1. The standard InChI is InChI=1S/C14H18N2O4/c1-5-8-15(14(2,3)4)12-7-6-10(16(19)20)9-11(12)13(17)18/h5-7,9H,1,8H2,2-4H3,(H,17,18). The zero-order chi connectivity index (χ0) is 15.5. The van der Waals surface area contributed by atoms with E-state index in [1.807, 2.05) is 25.7 Å². The van der Waals surface area contributed by atoms with Crippen molar-refractivity contribution in [3.63, 3.8) is 0 Å². The van der Waals surface area contributed by atoms with Gasteiger partial charge in [-0.05, 0) is 26.8 Å². The van der Waals surface area contributed by atoms with E-state index in [1.165, 1.54) is 12.1 Å². The van der Waals surface area contributed by atoms with Crippen molar-refractivity contribution in [2.45, 2.75) is 26.3 Å². The third kappa shape index (κ3) is 3.34. The first-order valence-electron chi connectivity index (χ1n) is 6.08. The Balaban J connectivity index is 3.45. The molecule has 1 N–H and O–H groups in total. The third-order valence-electron chi connectivity index (χ3n) is 2.83. The lowest BCUT2D eigenvalue weighted by atomic mass is 10.0. The monoisotopic (exact) mass is 278 g/mol. The van der Waals surface area contributed by atoms with Crippen molar-refractivity contribution in [2.75, 3.05) is 11.4 Å². The molecule has 6 heteroatoms. The van der Waals surface area contributed by atoms with Crippen LogP contribution in [0.25, 0.3) is 0 Å². The Kier molecular flexibility index (Phi) is 4.49. The second-order valence-corrected chi connectivity index (χ2v) is 5.33. The van der Waals surface area contributed by atoms with E-state index in [1.54, 1.807) is 6.08 Å². The van der Waals surface area contributed by atoms with E-state index in [0.29, 0.717) is 12.2 Å². The molecule has 0 aliphatic heterocycles. The van der Waals surface area contributed by atoms with Crippen LogP contribution in [0.2, 0.25) is 0 Å². The summed E-state index contributed by atoms with van der Waals surface area (Å²) in [5, 5.41) is 20.0. The molecule has 20 heavy (non-hydrogen) atoms. The van der Waals surface area contributed by atoms with Crippen LogP contribution in [0.15, 0.2) is 30.9 Å². The van der Waals surface area contributed by atoms with E-state index in [9.17, 15) is 20.0 Å². The lowest BCUT2D eigenvalue weighted by Gasteiger charge is -2.37. The predicted octanol–water partition coefficient (Wildman–Crippen LogP) is 3.08. The fraction of sp³-hybridized carbons (Fsp3) is 0.357. The van der Waals surface area contributed by atoms with Crippen molar-refractivity contribution < 1.29 is 14.8 Å².